The topological polar surface area (TPSA) is 52.2 Å². The molecule has 2 aromatic rings. The molecule has 2 aromatic heterocycles. The minimum absolute atomic E-state index is 0.424. The van der Waals surface area contributed by atoms with Crippen LogP contribution in [0.4, 0.5) is 0 Å². The normalized spacial score (nSPS) is 12.7. The largest absolute Gasteiger partial charge is 0.377 e. The Kier molecular flexibility index (Phi) is 6.02. The quantitative estimate of drug-likeness (QED) is 0.771. The van der Waals surface area contributed by atoms with Crippen molar-refractivity contribution >= 4 is 0 Å². The molecule has 0 bridgehead atoms. The molecule has 0 saturated heterocycles. The summed E-state index contributed by atoms with van der Waals surface area (Å²) in [5.41, 5.74) is 2.24. The first-order chi connectivity index (χ1) is 10.3. The number of ether oxygens (including phenoxy) is 1. The molecule has 0 fully saturated rings. The van der Waals surface area contributed by atoms with E-state index in [1.54, 1.807) is 7.11 Å². The molecule has 0 spiro atoms. The van der Waals surface area contributed by atoms with E-state index in [-0.39, 0.29) is 0 Å². The molecule has 2 rings (SSSR count). The maximum atomic E-state index is 5.21. The minimum Gasteiger partial charge on any atom is -0.377 e. The molecule has 0 aliphatic heterocycles. The molecule has 0 aliphatic rings. The Labute approximate surface area is 126 Å². The lowest BCUT2D eigenvalue weighted by Crippen LogP contribution is -2.21. The van der Waals surface area contributed by atoms with E-state index in [1.165, 1.54) is 5.56 Å². The van der Waals surface area contributed by atoms with Crippen molar-refractivity contribution in [2.75, 3.05) is 13.7 Å². The monoisotopic (exact) mass is 291 g/mol. The third-order valence-corrected chi connectivity index (χ3v) is 3.46. The van der Waals surface area contributed by atoms with E-state index in [0.717, 1.165) is 37.4 Å². The van der Waals surface area contributed by atoms with Crippen molar-refractivity contribution in [2.24, 2.45) is 0 Å². The Morgan fingerprint density at radius 2 is 2.29 bits per heavy atom. The van der Waals surface area contributed by atoms with Crippen LogP contribution in [-0.2, 0) is 17.9 Å². The highest BCUT2D eigenvalue weighted by Crippen LogP contribution is 2.17. The Bertz CT molecular complexity index is 533. The highest BCUT2D eigenvalue weighted by Gasteiger charge is 2.10. The molecule has 1 atom stereocenters. The van der Waals surface area contributed by atoms with Crippen molar-refractivity contribution in [3.63, 3.8) is 0 Å². The molecule has 2 heterocycles. The van der Waals surface area contributed by atoms with Crippen molar-refractivity contribution in [1.82, 2.24) is 15.0 Å². The molecule has 21 heavy (non-hydrogen) atoms. The van der Waals surface area contributed by atoms with Crippen molar-refractivity contribution in [3.8, 4) is 0 Å². The fourth-order valence-corrected chi connectivity index (χ4v) is 2.41. The van der Waals surface area contributed by atoms with Gasteiger partial charge in [0.25, 0.3) is 0 Å². The molecule has 5 nitrogen and oxygen atoms in total. The molecule has 116 valence electrons. The number of rotatable bonds is 9. The summed E-state index contributed by atoms with van der Waals surface area (Å²) < 4.78 is 12.4. The van der Waals surface area contributed by atoms with Crippen LogP contribution in [0.3, 0.4) is 0 Å². The van der Waals surface area contributed by atoms with Gasteiger partial charge in [0.2, 0.25) is 0 Å². The first-order valence-corrected chi connectivity index (χ1v) is 7.59. The van der Waals surface area contributed by atoms with Gasteiger partial charge in [0.1, 0.15) is 12.3 Å². The van der Waals surface area contributed by atoms with Crippen LogP contribution in [-0.4, -0.2) is 23.4 Å². The molecular formula is C16H25N3O2. The Morgan fingerprint density at radius 1 is 1.43 bits per heavy atom. The van der Waals surface area contributed by atoms with E-state index in [1.807, 2.05) is 6.07 Å². The summed E-state index contributed by atoms with van der Waals surface area (Å²) in [5, 5.41) is 7.63. The van der Waals surface area contributed by atoms with Crippen LogP contribution in [0.2, 0.25) is 0 Å². The van der Waals surface area contributed by atoms with E-state index in [4.69, 9.17) is 9.26 Å². The molecule has 0 aromatic carbocycles. The van der Waals surface area contributed by atoms with Crippen molar-refractivity contribution in [3.05, 3.63) is 41.5 Å². The number of hydrogen-bond acceptors (Lipinski definition) is 4. The van der Waals surface area contributed by atoms with Gasteiger partial charge in [-0.1, -0.05) is 19.0 Å². The van der Waals surface area contributed by atoms with Gasteiger partial charge in [-0.25, -0.2) is 0 Å². The van der Waals surface area contributed by atoms with E-state index < -0.39 is 0 Å². The SMILES string of the molecule is CCCNC(CC)c1ccn(Cc2cc(COC)on2)c1. The average molecular weight is 291 g/mol. The number of hydrogen-bond donors (Lipinski definition) is 1. The standard InChI is InChI=1S/C16H25N3O2/c1-4-7-17-16(5-2)13-6-8-19(10-13)11-14-9-15(12-20-3)21-18-14/h6,8-10,16-17H,4-5,7,11-12H2,1-3H3. The minimum atomic E-state index is 0.424. The fraction of sp³-hybridized carbons (Fsp3) is 0.562. The summed E-state index contributed by atoms with van der Waals surface area (Å²) in [4.78, 5) is 0. The third-order valence-electron chi connectivity index (χ3n) is 3.46. The van der Waals surface area contributed by atoms with E-state index in [9.17, 15) is 0 Å². The van der Waals surface area contributed by atoms with Crippen molar-refractivity contribution in [1.29, 1.82) is 0 Å². The smallest absolute Gasteiger partial charge is 0.162 e. The van der Waals surface area contributed by atoms with Gasteiger partial charge >= 0.3 is 0 Å². The molecule has 0 saturated carbocycles. The lowest BCUT2D eigenvalue weighted by atomic mass is 10.1. The van der Waals surface area contributed by atoms with Crippen LogP contribution >= 0.6 is 0 Å². The van der Waals surface area contributed by atoms with Gasteiger partial charge in [-0.3, -0.25) is 0 Å². The number of aromatic nitrogens is 2. The van der Waals surface area contributed by atoms with Gasteiger partial charge < -0.3 is 19.1 Å². The van der Waals surface area contributed by atoms with Crippen molar-refractivity contribution < 1.29 is 9.26 Å². The maximum Gasteiger partial charge on any atom is 0.162 e. The zero-order valence-corrected chi connectivity index (χ0v) is 13.1. The molecule has 0 radical (unpaired) electrons. The second-order valence-electron chi connectivity index (χ2n) is 5.25. The van der Waals surface area contributed by atoms with Crippen LogP contribution in [0.5, 0.6) is 0 Å². The van der Waals surface area contributed by atoms with Crippen molar-refractivity contribution in [2.45, 2.75) is 45.9 Å². The van der Waals surface area contributed by atoms with Gasteiger partial charge in [-0.05, 0) is 31.0 Å². The summed E-state index contributed by atoms with van der Waals surface area (Å²) in [5.74, 6) is 0.760. The van der Waals surface area contributed by atoms with E-state index >= 15 is 0 Å². The van der Waals surface area contributed by atoms with E-state index in [2.05, 4.69) is 47.3 Å². The Balaban J connectivity index is 1.98. The molecule has 0 amide bonds. The Hall–Kier alpha value is -1.59. The lowest BCUT2D eigenvalue weighted by Gasteiger charge is -2.14. The summed E-state index contributed by atoms with van der Waals surface area (Å²) in [6.07, 6.45) is 6.52. The van der Waals surface area contributed by atoms with Gasteiger partial charge in [0, 0.05) is 31.6 Å². The zero-order valence-electron chi connectivity index (χ0n) is 13.1. The van der Waals surface area contributed by atoms with Gasteiger partial charge in [-0.15, -0.1) is 0 Å². The van der Waals surface area contributed by atoms with E-state index in [0.29, 0.717) is 12.6 Å². The fourth-order valence-electron chi connectivity index (χ4n) is 2.41. The predicted molar refractivity (Wildman–Crippen MR) is 82.1 cm³/mol. The summed E-state index contributed by atoms with van der Waals surface area (Å²) in [6.45, 7) is 6.62. The first kappa shape index (κ1) is 15.8. The van der Waals surface area contributed by atoms with Crippen LogP contribution in [0.15, 0.2) is 29.0 Å². The zero-order chi connectivity index (χ0) is 15.1. The third kappa shape index (κ3) is 4.44. The van der Waals surface area contributed by atoms with Crippen LogP contribution in [0, 0.1) is 0 Å². The molecule has 1 unspecified atom stereocenters. The Morgan fingerprint density at radius 3 is 3.00 bits per heavy atom. The number of nitrogens with one attached hydrogen (secondary N) is 1. The maximum absolute atomic E-state index is 5.21. The molecule has 0 aliphatic carbocycles. The second-order valence-corrected chi connectivity index (χ2v) is 5.25. The molecular weight excluding hydrogens is 266 g/mol. The number of nitrogens with zero attached hydrogens (tertiary/aromatic N) is 2. The number of methoxy groups -OCH3 is 1. The van der Waals surface area contributed by atoms with Gasteiger partial charge in [0.05, 0.1) is 6.54 Å². The highest BCUT2D eigenvalue weighted by molar-refractivity contribution is 5.17. The highest BCUT2D eigenvalue weighted by atomic mass is 16.5. The average Bonchev–Trinajstić information content (AvgIpc) is 3.11. The predicted octanol–water partition coefficient (Wildman–Crippen LogP) is 3.12. The van der Waals surface area contributed by atoms with Gasteiger partial charge in [-0.2, -0.15) is 0 Å². The van der Waals surface area contributed by atoms with Crippen LogP contribution in [0.25, 0.3) is 0 Å². The van der Waals surface area contributed by atoms with Crippen LogP contribution in [0.1, 0.15) is 49.7 Å². The summed E-state index contributed by atoms with van der Waals surface area (Å²) >= 11 is 0. The molecule has 1 N–H and O–H groups in total. The summed E-state index contributed by atoms with van der Waals surface area (Å²) in [6, 6.07) is 4.54. The molecule has 5 heteroatoms. The second kappa shape index (κ2) is 8.00. The lowest BCUT2D eigenvalue weighted by molar-refractivity contribution is 0.155. The summed E-state index contributed by atoms with van der Waals surface area (Å²) in [7, 11) is 1.65. The first-order valence-electron chi connectivity index (χ1n) is 7.59. The van der Waals surface area contributed by atoms with Crippen LogP contribution < -0.4 is 5.32 Å². The van der Waals surface area contributed by atoms with Gasteiger partial charge in [0.15, 0.2) is 5.76 Å².